The normalized spacial score (nSPS) is 38.7. The van der Waals surface area contributed by atoms with E-state index in [4.69, 9.17) is 14.4 Å². The lowest BCUT2D eigenvalue weighted by Crippen LogP contribution is -2.35. The second-order valence-electron chi connectivity index (χ2n) is 3.10. The van der Waals surface area contributed by atoms with E-state index in [0.29, 0.717) is 0 Å². The number of aliphatic hydroxyl groups excluding tert-OH is 1. The van der Waals surface area contributed by atoms with Crippen molar-refractivity contribution in [3.05, 3.63) is 0 Å². The first kappa shape index (κ1) is 12.0. The highest BCUT2D eigenvalue weighted by Gasteiger charge is 2.42. The highest BCUT2D eigenvalue weighted by molar-refractivity contribution is 7.32. The molecule has 1 unspecified atom stereocenters. The molecule has 1 fully saturated rings. The van der Waals surface area contributed by atoms with Crippen molar-refractivity contribution in [3.8, 4) is 0 Å². The molecule has 0 aromatic rings. The van der Waals surface area contributed by atoms with Crippen molar-refractivity contribution in [2.75, 3.05) is 13.7 Å². The average molecular weight is 225 g/mol. The van der Waals surface area contributed by atoms with Gasteiger partial charge in [-0.2, -0.15) is 0 Å². The van der Waals surface area contributed by atoms with E-state index < -0.39 is 26.6 Å². The molecule has 0 aromatic carbocycles. The van der Waals surface area contributed by atoms with E-state index in [1.54, 1.807) is 6.92 Å². The zero-order chi connectivity index (χ0) is 10.7. The first-order chi connectivity index (χ1) is 6.56. The van der Waals surface area contributed by atoms with Crippen LogP contribution >= 0.6 is 8.25 Å². The van der Waals surface area contributed by atoms with Gasteiger partial charge in [-0.1, -0.05) is 0 Å². The van der Waals surface area contributed by atoms with E-state index in [1.807, 2.05) is 0 Å². The summed E-state index contributed by atoms with van der Waals surface area (Å²) < 4.78 is 25.0. The molecule has 1 heterocycles. The maximum absolute atomic E-state index is 10.3. The third kappa shape index (κ3) is 2.70. The van der Waals surface area contributed by atoms with Crippen LogP contribution in [0.1, 0.15) is 6.92 Å². The molecule has 82 valence electrons. The van der Waals surface area contributed by atoms with E-state index in [0.717, 1.165) is 0 Å². The van der Waals surface area contributed by atoms with Gasteiger partial charge < -0.3 is 14.6 Å². The fourth-order valence-electron chi connectivity index (χ4n) is 1.53. The quantitative estimate of drug-likeness (QED) is 0.645. The molecule has 1 saturated heterocycles. The van der Waals surface area contributed by atoms with Crippen molar-refractivity contribution in [1.82, 2.24) is 0 Å². The molecule has 0 amide bonds. The van der Waals surface area contributed by atoms with Gasteiger partial charge in [-0.25, -0.2) is 0 Å². The van der Waals surface area contributed by atoms with Gasteiger partial charge in [0.05, 0.1) is 6.10 Å². The molecule has 7 heteroatoms. The fourth-order valence-corrected chi connectivity index (χ4v) is 1.80. The largest absolute Gasteiger partial charge is 0.694 e. The molecule has 0 spiro atoms. The standard InChI is InChI=1S/C7H13O6P/c1-4-7(11-2)6(8)5(13-4)3-12-14(9)10/h4-8H,3H2,1-2H3/p+1/t4-,5+,6+,7-/m0/s1. The van der Waals surface area contributed by atoms with Gasteiger partial charge in [-0.3, -0.25) is 0 Å². The second-order valence-corrected chi connectivity index (χ2v) is 3.84. The minimum Gasteiger partial charge on any atom is -0.387 e. The van der Waals surface area contributed by atoms with Crippen LogP contribution in [0.3, 0.4) is 0 Å². The van der Waals surface area contributed by atoms with E-state index in [1.165, 1.54) is 7.11 Å². The van der Waals surface area contributed by atoms with Gasteiger partial charge in [0.25, 0.3) is 0 Å². The topological polar surface area (TPSA) is 85.2 Å². The maximum Gasteiger partial charge on any atom is 0.694 e. The number of aliphatic hydroxyl groups is 1. The van der Waals surface area contributed by atoms with Crippen molar-refractivity contribution in [3.63, 3.8) is 0 Å². The summed E-state index contributed by atoms with van der Waals surface area (Å²) in [4.78, 5) is 8.41. The average Bonchev–Trinajstić information content (AvgIpc) is 2.38. The summed E-state index contributed by atoms with van der Waals surface area (Å²) in [5, 5.41) is 9.63. The third-order valence-electron chi connectivity index (χ3n) is 2.19. The highest BCUT2D eigenvalue weighted by Crippen LogP contribution is 2.26. The molecule has 1 aliphatic heterocycles. The molecule has 1 rings (SSSR count). The lowest BCUT2D eigenvalue weighted by atomic mass is 10.1. The summed E-state index contributed by atoms with van der Waals surface area (Å²) in [5.41, 5.74) is 0. The lowest BCUT2D eigenvalue weighted by molar-refractivity contribution is -0.0118. The number of methoxy groups -OCH3 is 1. The Balaban J connectivity index is 2.44. The van der Waals surface area contributed by atoms with Crippen LogP contribution in [0.4, 0.5) is 0 Å². The fraction of sp³-hybridized carbons (Fsp3) is 1.00. The molecule has 0 saturated carbocycles. The van der Waals surface area contributed by atoms with Gasteiger partial charge >= 0.3 is 8.25 Å². The predicted molar refractivity (Wildman–Crippen MR) is 46.9 cm³/mol. The molecule has 2 N–H and O–H groups in total. The Morgan fingerprint density at radius 2 is 2.21 bits per heavy atom. The molecule has 1 aliphatic rings. The van der Waals surface area contributed by atoms with Crippen molar-refractivity contribution >= 4 is 8.25 Å². The number of ether oxygens (including phenoxy) is 2. The summed E-state index contributed by atoms with van der Waals surface area (Å²) in [6.45, 7) is 1.65. The van der Waals surface area contributed by atoms with Crippen LogP contribution in [0.15, 0.2) is 0 Å². The van der Waals surface area contributed by atoms with Crippen LogP contribution in [0.5, 0.6) is 0 Å². The number of hydrogen-bond acceptors (Lipinski definition) is 5. The zero-order valence-corrected chi connectivity index (χ0v) is 8.89. The van der Waals surface area contributed by atoms with E-state index in [-0.39, 0.29) is 12.7 Å². The van der Waals surface area contributed by atoms with Crippen LogP contribution in [0, 0.1) is 0 Å². The summed E-state index contributed by atoms with van der Waals surface area (Å²) in [6, 6.07) is 0. The molecular formula is C7H14O6P+. The summed E-state index contributed by atoms with van der Waals surface area (Å²) in [7, 11) is -1.17. The predicted octanol–water partition coefficient (Wildman–Crippen LogP) is -0.184. The van der Waals surface area contributed by atoms with Crippen LogP contribution in [-0.2, 0) is 18.6 Å². The Kier molecular flexibility index (Phi) is 4.37. The second kappa shape index (κ2) is 5.11. The van der Waals surface area contributed by atoms with Gasteiger partial charge in [0, 0.05) is 11.7 Å². The van der Waals surface area contributed by atoms with Gasteiger partial charge in [0.15, 0.2) is 0 Å². The SMILES string of the molecule is CO[C@@H]1[C@H](O)[C@@H](CO[P+](=O)O)O[C@H]1C. The van der Waals surface area contributed by atoms with Crippen LogP contribution in [0.2, 0.25) is 0 Å². The maximum atomic E-state index is 10.3. The van der Waals surface area contributed by atoms with E-state index >= 15 is 0 Å². The minimum atomic E-state index is -2.65. The summed E-state index contributed by atoms with van der Waals surface area (Å²) >= 11 is 0. The first-order valence-corrected chi connectivity index (χ1v) is 5.34. The van der Waals surface area contributed by atoms with Crippen molar-refractivity contribution in [2.24, 2.45) is 0 Å². The first-order valence-electron chi connectivity index (χ1n) is 4.21. The Morgan fingerprint density at radius 3 is 2.64 bits per heavy atom. The summed E-state index contributed by atoms with van der Waals surface area (Å²) in [6.07, 6.45) is -2.11. The zero-order valence-electron chi connectivity index (χ0n) is 7.99. The van der Waals surface area contributed by atoms with Gasteiger partial charge in [-0.15, -0.1) is 9.42 Å². The van der Waals surface area contributed by atoms with E-state index in [9.17, 15) is 9.67 Å². The van der Waals surface area contributed by atoms with Crippen molar-refractivity contribution in [1.29, 1.82) is 0 Å². The number of rotatable bonds is 4. The van der Waals surface area contributed by atoms with Crippen LogP contribution in [-0.4, -0.2) is 48.1 Å². The molecule has 0 aliphatic carbocycles. The Hall–Kier alpha value is -0.100. The Bertz CT molecular complexity index is 210. The minimum absolute atomic E-state index is 0.114. The van der Waals surface area contributed by atoms with Gasteiger partial charge in [0.1, 0.15) is 24.9 Å². The molecule has 6 nitrogen and oxygen atoms in total. The Morgan fingerprint density at radius 1 is 1.57 bits per heavy atom. The van der Waals surface area contributed by atoms with Crippen molar-refractivity contribution in [2.45, 2.75) is 31.3 Å². The van der Waals surface area contributed by atoms with Crippen LogP contribution < -0.4 is 0 Å². The third-order valence-corrected chi connectivity index (χ3v) is 2.56. The molecule has 14 heavy (non-hydrogen) atoms. The molecule has 5 atom stereocenters. The van der Waals surface area contributed by atoms with Gasteiger partial charge in [0.2, 0.25) is 0 Å². The van der Waals surface area contributed by atoms with Gasteiger partial charge in [-0.05, 0) is 6.92 Å². The molecule has 0 aromatic heterocycles. The summed E-state index contributed by atoms with van der Waals surface area (Å²) in [5.74, 6) is 0. The Labute approximate surface area is 82.7 Å². The van der Waals surface area contributed by atoms with Crippen molar-refractivity contribution < 1.29 is 28.6 Å². The molecule has 0 radical (unpaired) electrons. The number of hydrogen-bond donors (Lipinski definition) is 2. The van der Waals surface area contributed by atoms with E-state index in [2.05, 4.69) is 4.52 Å². The molecule has 0 bridgehead atoms. The smallest absolute Gasteiger partial charge is 0.387 e. The molecular weight excluding hydrogens is 211 g/mol. The van der Waals surface area contributed by atoms with Crippen LogP contribution in [0.25, 0.3) is 0 Å². The highest BCUT2D eigenvalue weighted by atomic mass is 31.1. The monoisotopic (exact) mass is 225 g/mol. The lowest BCUT2D eigenvalue weighted by Gasteiger charge is -2.14.